The van der Waals surface area contributed by atoms with E-state index in [0.29, 0.717) is 16.5 Å². The number of nitrogens with zero attached hydrogens (tertiary/aromatic N) is 2. The maximum absolute atomic E-state index is 14.8. The molecule has 0 saturated carbocycles. The van der Waals surface area contributed by atoms with Gasteiger partial charge in [0.05, 0.1) is 5.56 Å². The van der Waals surface area contributed by atoms with Crippen LogP contribution in [0, 0.1) is 5.82 Å². The predicted molar refractivity (Wildman–Crippen MR) is 94.7 cm³/mol. The van der Waals surface area contributed by atoms with Crippen molar-refractivity contribution in [2.45, 2.75) is 18.5 Å². The van der Waals surface area contributed by atoms with E-state index in [2.05, 4.69) is 10.4 Å². The number of aromatic nitrogens is 2. The molecule has 2 heterocycles. The average Bonchev–Trinajstić information content (AvgIpc) is 3.05. The molecule has 1 aromatic heterocycles. The van der Waals surface area contributed by atoms with E-state index in [1.165, 1.54) is 16.8 Å². The number of fused-ring (bicyclic) bond motifs is 1. The molecule has 2 atom stereocenters. The number of primary amides is 1. The molecule has 0 radical (unpaired) electrons. The Kier molecular flexibility index (Phi) is 3.86. The summed E-state index contributed by atoms with van der Waals surface area (Å²) >= 11 is 0. The van der Waals surface area contributed by atoms with Gasteiger partial charge in [-0.1, -0.05) is 18.2 Å². The molecule has 1 fully saturated rings. The van der Waals surface area contributed by atoms with Crippen LogP contribution in [0.2, 0.25) is 0 Å². The molecule has 1 aliphatic heterocycles. The molecule has 2 unspecified atom stereocenters. The largest absolute Gasteiger partial charge is 0.366 e. The van der Waals surface area contributed by atoms with Crippen LogP contribution in [0.3, 0.4) is 0 Å². The molecular formula is C19H18F2N4O. The molecule has 3 N–H and O–H groups in total. The number of nitrogens with one attached hydrogen (secondary N) is 1. The highest BCUT2D eigenvalue weighted by atomic mass is 19.1. The van der Waals surface area contributed by atoms with Crippen molar-refractivity contribution in [3.05, 3.63) is 59.5 Å². The summed E-state index contributed by atoms with van der Waals surface area (Å²) < 4.78 is 38.3. The number of nitrogens with two attached hydrogens (primary N) is 1. The Bertz CT molecular complexity index is 1040. The topological polar surface area (TPSA) is 72.9 Å². The van der Waals surface area contributed by atoms with Gasteiger partial charge in [0.1, 0.15) is 23.2 Å². The number of hydrogen-bond acceptors (Lipinski definition) is 3. The van der Waals surface area contributed by atoms with Gasteiger partial charge in [-0.2, -0.15) is 5.10 Å². The third-order valence-corrected chi connectivity index (χ3v) is 4.58. The zero-order valence-corrected chi connectivity index (χ0v) is 13.9. The number of halogens is 2. The van der Waals surface area contributed by atoms with Gasteiger partial charge in [-0.3, -0.25) is 4.79 Å². The van der Waals surface area contributed by atoms with E-state index < -0.39 is 23.8 Å². The van der Waals surface area contributed by atoms with Gasteiger partial charge < -0.3 is 11.1 Å². The first-order chi connectivity index (χ1) is 12.9. The van der Waals surface area contributed by atoms with E-state index in [1.807, 2.05) is 0 Å². The van der Waals surface area contributed by atoms with Gasteiger partial charge in [0, 0.05) is 26.0 Å². The highest BCUT2D eigenvalue weighted by Crippen LogP contribution is 2.28. The molecular weight excluding hydrogens is 338 g/mol. The molecule has 1 saturated heterocycles. The predicted octanol–water partition coefficient (Wildman–Crippen LogP) is 2.68. The maximum Gasteiger partial charge on any atom is 0.250 e. The smallest absolute Gasteiger partial charge is 0.250 e. The number of benzene rings is 2. The summed E-state index contributed by atoms with van der Waals surface area (Å²) in [5.74, 6) is -2.40. The normalized spacial score (nSPS) is 23.8. The van der Waals surface area contributed by atoms with Crippen LogP contribution in [0.1, 0.15) is 29.6 Å². The van der Waals surface area contributed by atoms with Crippen molar-refractivity contribution >= 4 is 16.8 Å². The number of carbonyl (C=O) groups is 1. The summed E-state index contributed by atoms with van der Waals surface area (Å²) in [4.78, 5) is 11.6. The van der Waals surface area contributed by atoms with Gasteiger partial charge in [0.2, 0.25) is 0 Å². The Morgan fingerprint density at radius 2 is 2.19 bits per heavy atom. The minimum atomic E-state index is -1.22. The second kappa shape index (κ2) is 6.49. The molecule has 5 nitrogen and oxygen atoms in total. The van der Waals surface area contributed by atoms with Crippen LogP contribution in [0.5, 0.6) is 0 Å². The number of rotatable bonds is 3. The quantitative estimate of drug-likeness (QED) is 0.757. The summed E-state index contributed by atoms with van der Waals surface area (Å²) in [5.41, 5.74) is 6.60. The van der Waals surface area contributed by atoms with Crippen molar-refractivity contribution in [2.24, 2.45) is 5.73 Å². The summed E-state index contributed by atoms with van der Waals surface area (Å²) in [7, 11) is 0. The number of alkyl halides is 1. The minimum Gasteiger partial charge on any atom is -0.366 e. The van der Waals surface area contributed by atoms with Gasteiger partial charge in [0.15, 0.2) is 0 Å². The fourth-order valence-corrected chi connectivity index (χ4v) is 3.29. The van der Waals surface area contributed by atoms with Crippen LogP contribution in [0.4, 0.5) is 8.78 Å². The zero-order chi connectivity index (χ0) is 19.2. The van der Waals surface area contributed by atoms with Crippen molar-refractivity contribution in [3.8, 4) is 5.69 Å². The van der Waals surface area contributed by atoms with E-state index in [-0.39, 0.29) is 30.8 Å². The molecule has 7 heteroatoms. The molecule has 134 valence electrons. The maximum atomic E-state index is 14.8. The second-order valence-electron chi connectivity index (χ2n) is 6.38. The first-order valence-corrected chi connectivity index (χ1v) is 8.31. The first kappa shape index (κ1) is 15.5. The molecule has 0 spiro atoms. The fourth-order valence-electron chi connectivity index (χ4n) is 3.29. The Hall–Kier alpha value is -2.80. The van der Waals surface area contributed by atoms with E-state index >= 15 is 0 Å². The fraction of sp³-hybridized carbons (Fsp3) is 0.263. The second-order valence-corrected chi connectivity index (χ2v) is 6.38. The molecule has 26 heavy (non-hydrogen) atoms. The van der Waals surface area contributed by atoms with Gasteiger partial charge in [-0.05, 0) is 36.1 Å². The first-order valence-electron chi connectivity index (χ1n) is 8.81. The number of amides is 1. The minimum absolute atomic E-state index is 0.0203. The van der Waals surface area contributed by atoms with Crippen LogP contribution in [0.25, 0.3) is 16.6 Å². The van der Waals surface area contributed by atoms with E-state index in [4.69, 9.17) is 7.10 Å². The van der Waals surface area contributed by atoms with Crippen molar-refractivity contribution in [3.63, 3.8) is 0 Å². The van der Waals surface area contributed by atoms with Gasteiger partial charge in [-0.25, -0.2) is 13.5 Å². The van der Waals surface area contributed by atoms with Crippen LogP contribution >= 0.6 is 0 Å². The lowest BCUT2D eigenvalue weighted by Crippen LogP contribution is -2.36. The van der Waals surface area contributed by atoms with Crippen molar-refractivity contribution in [1.82, 2.24) is 15.1 Å². The summed E-state index contributed by atoms with van der Waals surface area (Å²) in [5, 5.41) is 7.83. The molecule has 3 aromatic rings. The van der Waals surface area contributed by atoms with Crippen molar-refractivity contribution < 1.29 is 14.9 Å². The van der Waals surface area contributed by atoms with Crippen LogP contribution in [-0.4, -0.2) is 34.9 Å². The summed E-state index contributed by atoms with van der Waals surface area (Å²) in [6.45, 7) is 0.475. The van der Waals surface area contributed by atoms with Crippen LogP contribution < -0.4 is 11.1 Å². The third-order valence-electron chi connectivity index (χ3n) is 4.58. The number of hydrogen-bond donors (Lipinski definition) is 2. The lowest BCUT2D eigenvalue weighted by Gasteiger charge is -2.26. The highest BCUT2D eigenvalue weighted by Gasteiger charge is 2.23. The van der Waals surface area contributed by atoms with E-state index in [0.717, 1.165) is 0 Å². The Morgan fingerprint density at radius 3 is 2.92 bits per heavy atom. The standard InChI is InChI=1S/C19H18F2N4O/c20-14-6-13(8-23-9-14)11-4-5-17(16(21)7-11)25-10-12-2-1-3-15(19(22)26)18(12)24-25/h1-5,7,10,13-14,23H,6,8-9H2,(H2,22,26)/i13D. The Labute approximate surface area is 150 Å². The van der Waals surface area contributed by atoms with Crippen molar-refractivity contribution in [2.75, 3.05) is 13.1 Å². The third kappa shape index (κ3) is 2.94. The Balaban J connectivity index is 1.74. The Morgan fingerprint density at radius 1 is 1.35 bits per heavy atom. The summed E-state index contributed by atoms with van der Waals surface area (Å²) in [6, 6.07) is 9.38. The molecule has 2 aromatic carbocycles. The van der Waals surface area contributed by atoms with Gasteiger partial charge in [0.25, 0.3) is 5.91 Å². The SMILES string of the molecule is [2H]C1(c2ccc(-n3cc4cccc(C(N)=O)c4n3)c(F)c2)CNCC(F)C1. The molecule has 1 amide bonds. The van der Waals surface area contributed by atoms with E-state index in [9.17, 15) is 13.6 Å². The van der Waals surface area contributed by atoms with E-state index in [1.54, 1.807) is 30.5 Å². The van der Waals surface area contributed by atoms with Gasteiger partial charge in [-0.15, -0.1) is 0 Å². The number of piperidine rings is 1. The number of carbonyl (C=O) groups excluding carboxylic acids is 1. The molecule has 1 aliphatic rings. The zero-order valence-electron chi connectivity index (χ0n) is 14.9. The molecule has 0 aliphatic carbocycles. The molecule has 0 bridgehead atoms. The van der Waals surface area contributed by atoms with Gasteiger partial charge >= 0.3 is 0 Å². The van der Waals surface area contributed by atoms with Crippen molar-refractivity contribution in [1.29, 1.82) is 0 Å². The monoisotopic (exact) mass is 357 g/mol. The highest BCUT2D eigenvalue weighted by molar-refractivity contribution is 6.04. The average molecular weight is 357 g/mol. The van der Waals surface area contributed by atoms with Crippen LogP contribution in [-0.2, 0) is 0 Å². The lowest BCUT2D eigenvalue weighted by atomic mass is 9.90. The lowest BCUT2D eigenvalue weighted by molar-refractivity contribution is 0.100. The van der Waals surface area contributed by atoms with Crippen LogP contribution in [0.15, 0.2) is 42.6 Å². The molecule has 4 rings (SSSR count). The summed E-state index contributed by atoms with van der Waals surface area (Å²) in [6.07, 6.45) is 0.491.